The number of aliphatic hydroxyl groups is 1. The molecule has 0 heterocycles. The summed E-state index contributed by atoms with van der Waals surface area (Å²) in [6.45, 7) is 24.0. The molecule has 0 radical (unpaired) electrons. The van der Waals surface area contributed by atoms with Crippen molar-refractivity contribution in [1.29, 1.82) is 0 Å². The van der Waals surface area contributed by atoms with Crippen molar-refractivity contribution >= 4 is 8.32 Å². The molecular weight excluding hydrogens is 468 g/mol. The molecule has 0 aromatic rings. The Morgan fingerprint density at radius 3 is 2.35 bits per heavy atom. The molecule has 2 nitrogen and oxygen atoms in total. The molecule has 1 N–H and O–H groups in total. The third-order valence-corrected chi connectivity index (χ3v) is 17.3. The normalized spacial score (nSPS) is 40.0. The quantitative estimate of drug-likeness (QED) is 0.192. The maximum absolute atomic E-state index is 11.8. The van der Waals surface area contributed by atoms with Crippen molar-refractivity contribution in [2.75, 3.05) is 0 Å². The number of hydrogen-bond donors (Lipinski definition) is 1. The topological polar surface area (TPSA) is 29.5 Å². The summed E-state index contributed by atoms with van der Waals surface area (Å²) < 4.78 is 6.93. The van der Waals surface area contributed by atoms with Gasteiger partial charge in [0.25, 0.3) is 0 Å². The van der Waals surface area contributed by atoms with Gasteiger partial charge in [-0.3, -0.25) is 0 Å². The maximum Gasteiger partial charge on any atom is 0.192 e. The number of fused-ring (bicyclic) bond motifs is 5. The van der Waals surface area contributed by atoms with Crippen LogP contribution in [0.4, 0.5) is 0 Å². The van der Waals surface area contributed by atoms with Crippen LogP contribution in [0.15, 0.2) is 11.6 Å². The average Bonchev–Trinajstić information content (AvgIpc) is 3.14. The van der Waals surface area contributed by atoms with Gasteiger partial charge in [-0.1, -0.05) is 79.4 Å². The third kappa shape index (κ3) is 5.58. The minimum Gasteiger partial charge on any atom is -0.414 e. The van der Waals surface area contributed by atoms with E-state index in [4.69, 9.17) is 4.43 Å². The lowest BCUT2D eigenvalue weighted by Crippen LogP contribution is -2.53. The van der Waals surface area contributed by atoms with Gasteiger partial charge < -0.3 is 9.53 Å². The van der Waals surface area contributed by atoms with Gasteiger partial charge in [0.2, 0.25) is 0 Å². The highest BCUT2D eigenvalue weighted by Crippen LogP contribution is 2.68. The molecule has 0 aromatic heterocycles. The van der Waals surface area contributed by atoms with Crippen molar-refractivity contribution < 1.29 is 9.53 Å². The minimum atomic E-state index is -1.73. The lowest BCUT2D eigenvalue weighted by atomic mass is 9.46. The van der Waals surface area contributed by atoms with Crippen LogP contribution in [0.5, 0.6) is 0 Å². The van der Waals surface area contributed by atoms with Crippen molar-refractivity contribution in [3.8, 4) is 0 Å². The van der Waals surface area contributed by atoms with E-state index in [-0.39, 0.29) is 5.04 Å². The van der Waals surface area contributed by atoms with Crippen molar-refractivity contribution in [2.45, 2.75) is 162 Å². The molecular formula is C34H62O2Si. The molecule has 4 aliphatic rings. The summed E-state index contributed by atoms with van der Waals surface area (Å²) in [4.78, 5) is 0. The molecule has 4 aliphatic carbocycles. The highest BCUT2D eigenvalue weighted by atomic mass is 28.4. The number of hydrogen-bond acceptors (Lipinski definition) is 2. The SMILES string of the molecule is CC(C)CCCC[C@](C)(O)C1CCC2C3CC=C4C[C@@H](O[Si](C)(C)C(C)(C)C)CC[C@]4(C)C3CC[C@@]21C. The molecule has 0 saturated heterocycles. The second-order valence-electron chi connectivity index (χ2n) is 16.7. The van der Waals surface area contributed by atoms with E-state index < -0.39 is 13.9 Å². The molecule has 0 bridgehead atoms. The molecule has 3 heteroatoms. The van der Waals surface area contributed by atoms with E-state index in [0.29, 0.717) is 22.9 Å². The highest BCUT2D eigenvalue weighted by Gasteiger charge is 2.61. The maximum atomic E-state index is 11.8. The van der Waals surface area contributed by atoms with Gasteiger partial charge in [-0.2, -0.15) is 0 Å². The Hall–Kier alpha value is -0.123. The Morgan fingerprint density at radius 2 is 1.70 bits per heavy atom. The van der Waals surface area contributed by atoms with Crippen molar-refractivity contribution in [3.05, 3.63) is 11.6 Å². The van der Waals surface area contributed by atoms with Crippen molar-refractivity contribution in [1.82, 2.24) is 0 Å². The van der Waals surface area contributed by atoms with Gasteiger partial charge in [0.05, 0.1) is 5.60 Å². The molecule has 0 amide bonds. The average molecular weight is 531 g/mol. The Bertz CT molecular complexity index is 835. The van der Waals surface area contributed by atoms with Crippen molar-refractivity contribution in [3.63, 3.8) is 0 Å². The standard InChI is InChI=1S/C34H62O2Si/c1-24(2)13-11-12-20-34(8,35)30-17-16-28-27-15-14-25-23-26(36-37(9,10)31(3,4)5)18-21-32(25,6)29(27)19-22-33(28,30)7/h14,24,26-30,35H,11-13,15-23H2,1-10H3/t26-,27?,28?,29?,30?,32-,33-,34-/m0/s1. The first-order chi connectivity index (χ1) is 17.0. The van der Waals surface area contributed by atoms with E-state index in [1.807, 2.05) is 0 Å². The van der Waals surface area contributed by atoms with E-state index in [0.717, 1.165) is 30.1 Å². The summed E-state index contributed by atoms with van der Waals surface area (Å²) in [5, 5.41) is 12.1. The first-order valence-corrected chi connectivity index (χ1v) is 19.0. The van der Waals surface area contributed by atoms with Gasteiger partial charge in [-0.15, -0.1) is 0 Å². The number of unbranched alkanes of at least 4 members (excludes halogenated alkanes) is 1. The zero-order valence-corrected chi connectivity index (χ0v) is 27.4. The summed E-state index contributed by atoms with van der Waals surface area (Å²) >= 11 is 0. The summed E-state index contributed by atoms with van der Waals surface area (Å²) in [7, 11) is -1.73. The zero-order valence-electron chi connectivity index (χ0n) is 26.4. The first kappa shape index (κ1) is 29.8. The highest BCUT2D eigenvalue weighted by molar-refractivity contribution is 6.74. The molecule has 0 spiro atoms. The Balaban J connectivity index is 1.45. The van der Waals surface area contributed by atoms with Crippen LogP contribution < -0.4 is 0 Å². The molecule has 214 valence electrons. The zero-order chi connectivity index (χ0) is 27.4. The molecule has 8 atom stereocenters. The van der Waals surface area contributed by atoms with Crippen LogP contribution in [0.2, 0.25) is 18.1 Å². The van der Waals surface area contributed by atoms with Crippen LogP contribution in [0.25, 0.3) is 0 Å². The monoisotopic (exact) mass is 530 g/mol. The van der Waals surface area contributed by atoms with Crippen molar-refractivity contribution in [2.24, 2.45) is 40.4 Å². The van der Waals surface area contributed by atoms with Crippen LogP contribution in [0.3, 0.4) is 0 Å². The van der Waals surface area contributed by atoms with Crippen LogP contribution in [-0.2, 0) is 4.43 Å². The van der Waals surface area contributed by atoms with Crippen LogP contribution in [0, 0.1) is 40.4 Å². The Morgan fingerprint density at radius 1 is 1.00 bits per heavy atom. The number of allylic oxidation sites excluding steroid dienone is 1. The minimum absolute atomic E-state index is 0.280. The molecule has 3 saturated carbocycles. The lowest BCUT2D eigenvalue weighted by Gasteiger charge is -2.59. The predicted octanol–water partition coefficient (Wildman–Crippen LogP) is 9.92. The second-order valence-corrected chi connectivity index (χ2v) is 21.4. The van der Waals surface area contributed by atoms with Crippen LogP contribution >= 0.6 is 0 Å². The van der Waals surface area contributed by atoms with Gasteiger partial charge in [0.15, 0.2) is 8.32 Å². The fourth-order valence-electron chi connectivity index (χ4n) is 9.55. The van der Waals surface area contributed by atoms with Gasteiger partial charge in [-0.25, -0.2) is 0 Å². The molecule has 4 rings (SSSR count). The van der Waals surface area contributed by atoms with E-state index in [9.17, 15) is 5.11 Å². The van der Waals surface area contributed by atoms with Crippen LogP contribution in [0.1, 0.15) is 132 Å². The molecule has 4 unspecified atom stereocenters. The third-order valence-electron chi connectivity index (χ3n) is 12.8. The second kappa shape index (κ2) is 10.4. The largest absolute Gasteiger partial charge is 0.414 e. The Kier molecular flexibility index (Phi) is 8.36. The van der Waals surface area contributed by atoms with Gasteiger partial charge in [0, 0.05) is 6.10 Å². The van der Waals surface area contributed by atoms with Gasteiger partial charge >= 0.3 is 0 Å². The van der Waals surface area contributed by atoms with Gasteiger partial charge in [0.1, 0.15) is 0 Å². The summed E-state index contributed by atoms with van der Waals surface area (Å²) in [5.41, 5.74) is 1.91. The number of rotatable bonds is 8. The Labute approximate surface area is 231 Å². The van der Waals surface area contributed by atoms with E-state index in [2.05, 4.69) is 74.6 Å². The van der Waals surface area contributed by atoms with E-state index >= 15 is 0 Å². The first-order valence-electron chi connectivity index (χ1n) is 16.1. The molecule has 0 aliphatic heterocycles. The fraction of sp³-hybridized carbons (Fsp3) is 0.941. The lowest BCUT2D eigenvalue weighted by molar-refractivity contribution is -0.105. The summed E-state index contributed by atoms with van der Waals surface area (Å²) in [6.07, 6.45) is 18.0. The fourth-order valence-corrected chi connectivity index (χ4v) is 10.9. The smallest absolute Gasteiger partial charge is 0.192 e. The molecule has 37 heavy (non-hydrogen) atoms. The molecule has 3 fully saturated rings. The summed E-state index contributed by atoms with van der Waals surface area (Å²) in [6, 6.07) is 0. The van der Waals surface area contributed by atoms with Crippen LogP contribution in [-0.4, -0.2) is 25.1 Å². The summed E-state index contributed by atoms with van der Waals surface area (Å²) in [5.74, 6) is 3.67. The van der Waals surface area contributed by atoms with E-state index in [1.165, 1.54) is 70.6 Å². The van der Waals surface area contributed by atoms with Gasteiger partial charge in [-0.05, 0) is 123 Å². The predicted molar refractivity (Wildman–Crippen MR) is 161 cm³/mol. The van der Waals surface area contributed by atoms with E-state index in [1.54, 1.807) is 5.57 Å². The molecule has 0 aromatic carbocycles.